The van der Waals surface area contributed by atoms with E-state index in [-0.39, 0.29) is 30.8 Å². The minimum absolute atomic E-state index is 0.108. The largest absolute Gasteiger partial charge is 0.352 e. The van der Waals surface area contributed by atoms with E-state index in [1.54, 1.807) is 23.1 Å². The summed E-state index contributed by atoms with van der Waals surface area (Å²) in [6.45, 7) is 0.252. The Kier molecular flexibility index (Phi) is 8.69. The Morgan fingerprint density at radius 3 is 2.34 bits per heavy atom. The molecule has 6 heteroatoms. The number of hydrogen-bond donors (Lipinski definition) is 1. The van der Waals surface area contributed by atoms with E-state index in [4.69, 9.17) is 0 Å². The Labute approximate surface area is 214 Å². The molecule has 1 atom stereocenters. The molecular weight excluding hydrogens is 507 g/mol. The molecule has 0 aromatic heterocycles. The van der Waals surface area contributed by atoms with Gasteiger partial charge in [0.15, 0.2) is 0 Å². The van der Waals surface area contributed by atoms with Gasteiger partial charge in [-0.15, -0.1) is 0 Å². The molecule has 0 aliphatic heterocycles. The van der Waals surface area contributed by atoms with E-state index in [1.165, 1.54) is 6.07 Å². The Morgan fingerprint density at radius 2 is 1.63 bits per heavy atom. The van der Waals surface area contributed by atoms with Crippen molar-refractivity contribution >= 4 is 27.7 Å². The molecular formula is C29H30BrFN2O2. The van der Waals surface area contributed by atoms with E-state index in [9.17, 15) is 14.0 Å². The average molecular weight is 537 g/mol. The smallest absolute Gasteiger partial charge is 0.243 e. The lowest BCUT2D eigenvalue weighted by atomic mass is 10.0. The predicted octanol–water partition coefficient (Wildman–Crippen LogP) is 5.83. The quantitative estimate of drug-likeness (QED) is 0.374. The van der Waals surface area contributed by atoms with Gasteiger partial charge in [-0.3, -0.25) is 9.59 Å². The highest BCUT2D eigenvalue weighted by atomic mass is 79.9. The van der Waals surface area contributed by atoms with E-state index in [2.05, 4.69) is 21.2 Å². The Bertz CT molecular complexity index is 1150. The summed E-state index contributed by atoms with van der Waals surface area (Å²) in [5, 5.41) is 3.19. The second kappa shape index (κ2) is 12.1. The molecule has 4 nitrogen and oxygen atoms in total. The van der Waals surface area contributed by atoms with Crippen LogP contribution >= 0.6 is 15.9 Å². The van der Waals surface area contributed by atoms with Crippen LogP contribution in [0.5, 0.6) is 0 Å². The molecule has 0 heterocycles. The van der Waals surface area contributed by atoms with Crippen LogP contribution in [0, 0.1) is 5.82 Å². The molecule has 1 fully saturated rings. The minimum Gasteiger partial charge on any atom is -0.352 e. The third-order valence-electron chi connectivity index (χ3n) is 6.51. The molecule has 2 amide bonds. The fourth-order valence-electron chi connectivity index (χ4n) is 4.66. The molecule has 0 spiro atoms. The second-order valence-electron chi connectivity index (χ2n) is 9.12. The van der Waals surface area contributed by atoms with Gasteiger partial charge in [-0.2, -0.15) is 0 Å². The maximum atomic E-state index is 14.4. The van der Waals surface area contributed by atoms with Crippen LogP contribution in [0.3, 0.4) is 0 Å². The van der Waals surface area contributed by atoms with Gasteiger partial charge in [0.05, 0.1) is 6.42 Å². The van der Waals surface area contributed by atoms with Crippen molar-refractivity contribution in [1.82, 2.24) is 10.2 Å². The molecule has 1 N–H and O–H groups in total. The number of amides is 2. The number of rotatable bonds is 9. The van der Waals surface area contributed by atoms with Crippen LogP contribution in [-0.4, -0.2) is 28.8 Å². The van der Waals surface area contributed by atoms with Gasteiger partial charge in [-0.25, -0.2) is 4.39 Å². The summed E-state index contributed by atoms with van der Waals surface area (Å²) in [5.41, 5.74) is 2.19. The molecule has 1 aliphatic rings. The molecule has 0 bridgehead atoms. The third-order valence-corrected chi connectivity index (χ3v) is 7.01. The van der Waals surface area contributed by atoms with Gasteiger partial charge >= 0.3 is 0 Å². The summed E-state index contributed by atoms with van der Waals surface area (Å²) >= 11 is 3.50. The molecule has 35 heavy (non-hydrogen) atoms. The highest BCUT2D eigenvalue weighted by Gasteiger charge is 2.32. The first-order chi connectivity index (χ1) is 17.0. The molecule has 182 valence electrons. The lowest BCUT2D eigenvalue weighted by molar-refractivity contribution is -0.141. The zero-order valence-electron chi connectivity index (χ0n) is 19.6. The zero-order valence-corrected chi connectivity index (χ0v) is 21.2. The lowest BCUT2D eigenvalue weighted by Crippen LogP contribution is -2.52. The van der Waals surface area contributed by atoms with Gasteiger partial charge in [-0.1, -0.05) is 89.4 Å². The SMILES string of the molecule is O=C(NC1CCCC1)C(Cc1ccccc1)N(Cc1cccc(Br)c1)C(=O)Cc1ccccc1F. The summed E-state index contributed by atoms with van der Waals surface area (Å²) < 4.78 is 15.3. The van der Waals surface area contributed by atoms with Crippen molar-refractivity contribution in [3.63, 3.8) is 0 Å². The summed E-state index contributed by atoms with van der Waals surface area (Å²) in [4.78, 5) is 28.9. The Hall–Kier alpha value is -2.99. The number of nitrogens with one attached hydrogen (secondary N) is 1. The van der Waals surface area contributed by atoms with Gasteiger partial charge < -0.3 is 10.2 Å². The molecule has 1 aliphatic carbocycles. The van der Waals surface area contributed by atoms with Crippen LogP contribution in [-0.2, 0) is 29.0 Å². The van der Waals surface area contributed by atoms with E-state index in [0.29, 0.717) is 12.0 Å². The number of carbonyl (C=O) groups is 2. The monoisotopic (exact) mass is 536 g/mol. The Balaban J connectivity index is 1.67. The number of hydrogen-bond acceptors (Lipinski definition) is 2. The lowest BCUT2D eigenvalue weighted by Gasteiger charge is -2.32. The van der Waals surface area contributed by atoms with Crippen molar-refractivity contribution in [2.24, 2.45) is 0 Å². The fraction of sp³-hybridized carbons (Fsp3) is 0.310. The number of carbonyl (C=O) groups excluding carboxylic acids is 2. The molecule has 1 saturated carbocycles. The zero-order chi connectivity index (χ0) is 24.6. The average Bonchev–Trinajstić information content (AvgIpc) is 3.36. The summed E-state index contributed by atoms with van der Waals surface area (Å²) in [6, 6.07) is 23.2. The predicted molar refractivity (Wildman–Crippen MR) is 139 cm³/mol. The van der Waals surface area contributed by atoms with Crippen molar-refractivity contribution in [3.05, 3.63) is 106 Å². The molecule has 3 aromatic rings. The maximum absolute atomic E-state index is 14.4. The summed E-state index contributed by atoms with van der Waals surface area (Å²) in [5.74, 6) is -0.853. The number of benzene rings is 3. The number of nitrogens with zero attached hydrogens (tertiary/aromatic N) is 1. The van der Waals surface area contributed by atoms with Crippen molar-refractivity contribution in [1.29, 1.82) is 0 Å². The molecule has 0 radical (unpaired) electrons. The maximum Gasteiger partial charge on any atom is 0.243 e. The van der Waals surface area contributed by atoms with Crippen LogP contribution < -0.4 is 5.32 Å². The van der Waals surface area contributed by atoms with Crippen LogP contribution in [0.2, 0.25) is 0 Å². The topological polar surface area (TPSA) is 49.4 Å². The van der Waals surface area contributed by atoms with Gasteiger partial charge in [0.1, 0.15) is 11.9 Å². The van der Waals surface area contributed by atoms with E-state index < -0.39 is 11.9 Å². The van der Waals surface area contributed by atoms with E-state index in [0.717, 1.165) is 41.3 Å². The van der Waals surface area contributed by atoms with Crippen molar-refractivity contribution in [2.75, 3.05) is 0 Å². The van der Waals surface area contributed by atoms with Gasteiger partial charge in [0.25, 0.3) is 0 Å². The first-order valence-electron chi connectivity index (χ1n) is 12.1. The van der Waals surface area contributed by atoms with Crippen molar-refractivity contribution < 1.29 is 14.0 Å². The van der Waals surface area contributed by atoms with Crippen LogP contribution in [0.1, 0.15) is 42.4 Å². The van der Waals surface area contributed by atoms with Crippen LogP contribution in [0.25, 0.3) is 0 Å². The van der Waals surface area contributed by atoms with E-state index >= 15 is 0 Å². The summed E-state index contributed by atoms with van der Waals surface area (Å²) in [7, 11) is 0. The molecule has 4 rings (SSSR count). The molecule has 1 unspecified atom stereocenters. The highest BCUT2D eigenvalue weighted by Crippen LogP contribution is 2.22. The van der Waals surface area contributed by atoms with Crippen molar-refractivity contribution in [2.45, 2.75) is 57.2 Å². The molecule has 3 aromatic carbocycles. The first-order valence-corrected chi connectivity index (χ1v) is 12.9. The molecule has 0 saturated heterocycles. The normalized spacial score (nSPS) is 14.5. The van der Waals surface area contributed by atoms with E-state index in [1.807, 2.05) is 54.6 Å². The number of halogens is 2. The third kappa shape index (κ3) is 7.01. The standard InChI is InChI=1S/C29H30BrFN2O2/c30-24-13-8-11-22(17-24)20-33(28(34)19-23-12-4-7-16-26(23)31)27(18-21-9-2-1-3-10-21)29(35)32-25-14-5-6-15-25/h1-4,7-13,16-17,25,27H,5-6,14-15,18-20H2,(H,32,35). The Morgan fingerprint density at radius 1 is 0.943 bits per heavy atom. The summed E-state index contributed by atoms with van der Waals surface area (Å²) in [6.07, 6.45) is 4.39. The fourth-order valence-corrected chi connectivity index (χ4v) is 5.11. The highest BCUT2D eigenvalue weighted by molar-refractivity contribution is 9.10. The van der Waals surface area contributed by atoms with Crippen molar-refractivity contribution in [3.8, 4) is 0 Å². The van der Waals surface area contributed by atoms with Gasteiger partial charge in [-0.05, 0) is 47.7 Å². The minimum atomic E-state index is -0.712. The van der Waals surface area contributed by atoms with Crippen LogP contribution in [0.4, 0.5) is 4.39 Å². The first kappa shape index (κ1) is 25.1. The van der Waals surface area contributed by atoms with Gasteiger partial charge in [0.2, 0.25) is 11.8 Å². The van der Waals surface area contributed by atoms with Crippen LogP contribution in [0.15, 0.2) is 83.3 Å². The van der Waals surface area contributed by atoms with Gasteiger partial charge in [0, 0.05) is 23.5 Å². The second-order valence-corrected chi connectivity index (χ2v) is 10.0.